The van der Waals surface area contributed by atoms with Crippen molar-refractivity contribution in [2.75, 3.05) is 16.8 Å². The number of sulfone groups is 1. The monoisotopic (exact) mass is 369 g/mol. The molecule has 0 unspecified atom stereocenters. The molecule has 1 N–H and O–H groups in total. The van der Waals surface area contributed by atoms with Crippen LogP contribution in [0.4, 0.5) is 5.69 Å². The first-order valence-electron chi connectivity index (χ1n) is 7.76. The van der Waals surface area contributed by atoms with Crippen LogP contribution in [0, 0.1) is 0 Å². The summed E-state index contributed by atoms with van der Waals surface area (Å²) in [6.45, 7) is 3.34. The van der Waals surface area contributed by atoms with E-state index in [9.17, 15) is 22.8 Å². The van der Waals surface area contributed by atoms with Gasteiger partial charge in [0.05, 0.1) is 5.75 Å². The first kappa shape index (κ1) is 17.8. The molecule has 1 aliphatic carbocycles. The SMILES string of the molecule is C=CCS(=O)(=O)CC(=O)Nc1ccc2c(c1)C(=O)c1ccccc1C2=O. The molecular formula is C19H15NO5S. The number of hydrogen-bond acceptors (Lipinski definition) is 5. The molecule has 0 radical (unpaired) electrons. The van der Waals surface area contributed by atoms with Gasteiger partial charge in [0.15, 0.2) is 21.4 Å². The van der Waals surface area contributed by atoms with Crippen LogP contribution in [0.3, 0.4) is 0 Å². The molecule has 26 heavy (non-hydrogen) atoms. The first-order valence-corrected chi connectivity index (χ1v) is 9.58. The highest BCUT2D eigenvalue weighted by molar-refractivity contribution is 7.92. The standard InChI is InChI=1S/C19H15NO5S/c1-2-9-26(24,25)11-17(21)20-12-7-8-15-16(10-12)19(23)14-6-4-3-5-13(14)18(15)22/h2-8,10H,1,9,11H2,(H,20,21). The van der Waals surface area contributed by atoms with E-state index in [1.165, 1.54) is 24.3 Å². The van der Waals surface area contributed by atoms with Crippen LogP contribution in [0.5, 0.6) is 0 Å². The average molecular weight is 369 g/mol. The molecule has 132 valence electrons. The van der Waals surface area contributed by atoms with E-state index in [1.54, 1.807) is 24.3 Å². The highest BCUT2D eigenvalue weighted by Crippen LogP contribution is 2.29. The second-order valence-electron chi connectivity index (χ2n) is 5.86. The number of ketones is 2. The van der Waals surface area contributed by atoms with Crippen LogP contribution in [0.2, 0.25) is 0 Å². The number of nitrogens with one attached hydrogen (secondary N) is 1. The van der Waals surface area contributed by atoms with Crippen molar-refractivity contribution < 1.29 is 22.8 Å². The number of rotatable bonds is 5. The molecule has 0 saturated heterocycles. The summed E-state index contributed by atoms with van der Waals surface area (Å²) >= 11 is 0. The third kappa shape index (κ3) is 3.34. The summed E-state index contributed by atoms with van der Waals surface area (Å²) in [5.74, 6) is -2.28. The van der Waals surface area contributed by atoms with E-state index in [-0.39, 0.29) is 34.1 Å². The Bertz CT molecular complexity index is 1050. The van der Waals surface area contributed by atoms with Gasteiger partial charge in [0.2, 0.25) is 5.91 Å². The molecular weight excluding hydrogens is 354 g/mol. The number of fused-ring (bicyclic) bond motifs is 2. The van der Waals surface area contributed by atoms with E-state index < -0.39 is 21.5 Å². The molecule has 3 rings (SSSR count). The van der Waals surface area contributed by atoms with Gasteiger partial charge in [0, 0.05) is 27.9 Å². The Morgan fingerprint density at radius 3 is 2.15 bits per heavy atom. The maximum Gasteiger partial charge on any atom is 0.239 e. The van der Waals surface area contributed by atoms with E-state index in [4.69, 9.17) is 0 Å². The van der Waals surface area contributed by atoms with Crippen molar-refractivity contribution in [3.8, 4) is 0 Å². The van der Waals surface area contributed by atoms with Gasteiger partial charge in [-0.2, -0.15) is 0 Å². The van der Waals surface area contributed by atoms with Gasteiger partial charge in [-0.25, -0.2) is 8.42 Å². The summed E-state index contributed by atoms with van der Waals surface area (Å²) in [6, 6.07) is 10.8. The van der Waals surface area contributed by atoms with Crippen molar-refractivity contribution in [3.63, 3.8) is 0 Å². The normalized spacial score (nSPS) is 12.9. The van der Waals surface area contributed by atoms with Gasteiger partial charge in [0.25, 0.3) is 0 Å². The topological polar surface area (TPSA) is 97.4 Å². The summed E-state index contributed by atoms with van der Waals surface area (Å²) < 4.78 is 23.3. The number of carbonyl (C=O) groups excluding carboxylic acids is 3. The molecule has 6 nitrogen and oxygen atoms in total. The zero-order valence-corrected chi connectivity index (χ0v) is 14.5. The van der Waals surface area contributed by atoms with Crippen molar-refractivity contribution in [1.82, 2.24) is 0 Å². The smallest absolute Gasteiger partial charge is 0.239 e. The van der Waals surface area contributed by atoms with Gasteiger partial charge in [-0.3, -0.25) is 14.4 Å². The molecule has 0 spiro atoms. The van der Waals surface area contributed by atoms with E-state index in [2.05, 4.69) is 11.9 Å². The molecule has 0 atom stereocenters. The Morgan fingerprint density at radius 2 is 1.54 bits per heavy atom. The lowest BCUT2D eigenvalue weighted by Gasteiger charge is -2.18. The summed E-state index contributed by atoms with van der Waals surface area (Å²) in [5, 5.41) is 2.45. The fourth-order valence-electron chi connectivity index (χ4n) is 2.81. The second kappa shape index (κ2) is 6.68. The molecule has 2 aromatic carbocycles. The minimum absolute atomic E-state index is 0.181. The van der Waals surface area contributed by atoms with Gasteiger partial charge < -0.3 is 5.32 Å². The van der Waals surface area contributed by atoms with Crippen LogP contribution < -0.4 is 5.32 Å². The van der Waals surface area contributed by atoms with Gasteiger partial charge in [-0.15, -0.1) is 6.58 Å². The Balaban J connectivity index is 1.88. The zero-order chi connectivity index (χ0) is 18.9. The lowest BCUT2D eigenvalue weighted by atomic mass is 9.84. The highest BCUT2D eigenvalue weighted by atomic mass is 32.2. The van der Waals surface area contributed by atoms with Crippen molar-refractivity contribution in [2.45, 2.75) is 0 Å². The number of hydrogen-bond donors (Lipinski definition) is 1. The molecule has 0 heterocycles. The quantitative estimate of drug-likeness (QED) is 0.694. The predicted octanol–water partition coefficient (Wildman–Crippen LogP) is 2.00. The summed E-state index contributed by atoms with van der Waals surface area (Å²) in [4.78, 5) is 37.1. The van der Waals surface area contributed by atoms with Crippen LogP contribution >= 0.6 is 0 Å². The molecule has 7 heteroatoms. The van der Waals surface area contributed by atoms with Crippen molar-refractivity contribution >= 4 is 33.0 Å². The molecule has 2 aromatic rings. The van der Waals surface area contributed by atoms with Gasteiger partial charge in [-0.1, -0.05) is 30.3 Å². The van der Waals surface area contributed by atoms with Gasteiger partial charge >= 0.3 is 0 Å². The largest absolute Gasteiger partial charge is 0.325 e. The number of carbonyl (C=O) groups is 3. The maximum absolute atomic E-state index is 12.6. The Kier molecular flexibility index (Phi) is 4.56. The third-order valence-corrected chi connectivity index (χ3v) is 5.38. The van der Waals surface area contributed by atoms with Crippen LogP contribution in [-0.4, -0.2) is 37.4 Å². The second-order valence-corrected chi connectivity index (χ2v) is 7.96. The predicted molar refractivity (Wildman–Crippen MR) is 97.2 cm³/mol. The number of amides is 1. The van der Waals surface area contributed by atoms with E-state index in [1.807, 2.05) is 0 Å². The Morgan fingerprint density at radius 1 is 0.962 bits per heavy atom. The van der Waals surface area contributed by atoms with Crippen LogP contribution in [-0.2, 0) is 14.6 Å². The minimum Gasteiger partial charge on any atom is -0.325 e. The first-order chi connectivity index (χ1) is 12.3. The highest BCUT2D eigenvalue weighted by Gasteiger charge is 2.29. The molecule has 0 aromatic heterocycles. The van der Waals surface area contributed by atoms with E-state index >= 15 is 0 Å². The fourth-order valence-corrected chi connectivity index (χ4v) is 3.76. The van der Waals surface area contributed by atoms with Crippen molar-refractivity contribution in [1.29, 1.82) is 0 Å². The Hall–Kier alpha value is -3.06. The number of anilines is 1. The Labute approximate surface area is 150 Å². The van der Waals surface area contributed by atoms with Crippen LogP contribution in [0.1, 0.15) is 31.8 Å². The minimum atomic E-state index is -3.58. The van der Waals surface area contributed by atoms with Gasteiger partial charge in [-0.05, 0) is 18.2 Å². The molecule has 1 amide bonds. The lowest BCUT2D eigenvalue weighted by Crippen LogP contribution is -2.25. The fraction of sp³-hybridized carbons (Fsp3) is 0.105. The average Bonchev–Trinajstić information content (AvgIpc) is 2.59. The molecule has 0 aliphatic heterocycles. The van der Waals surface area contributed by atoms with Crippen molar-refractivity contribution in [3.05, 3.63) is 77.4 Å². The zero-order valence-electron chi connectivity index (χ0n) is 13.7. The molecule has 0 saturated carbocycles. The summed E-state index contributed by atoms with van der Waals surface area (Å²) in [7, 11) is -3.58. The molecule has 1 aliphatic rings. The molecule has 0 fully saturated rings. The maximum atomic E-state index is 12.6. The van der Waals surface area contributed by atoms with E-state index in [0.717, 1.165) is 0 Å². The van der Waals surface area contributed by atoms with E-state index in [0.29, 0.717) is 11.1 Å². The van der Waals surface area contributed by atoms with Crippen LogP contribution in [0.15, 0.2) is 55.1 Å². The lowest BCUT2D eigenvalue weighted by molar-refractivity contribution is -0.113. The summed E-state index contributed by atoms with van der Waals surface area (Å²) in [5.41, 5.74) is 1.34. The molecule has 0 bridgehead atoms. The van der Waals surface area contributed by atoms with Crippen molar-refractivity contribution in [2.24, 2.45) is 0 Å². The van der Waals surface area contributed by atoms with Gasteiger partial charge in [0.1, 0.15) is 5.75 Å². The summed E-state index contributed by atoms with van der Waals surface area (Å²) in [6.07, 6.45) is 1.21. The number of benzene rings is 2. The van der Waals surface area contributed by atoms with Crippen LogP contribution in [0.25, 0.3) is 0 Å². The third-order valence-electron chi connectivity index (χ3n) is 3.93.